The van der Waals surface area contributed by atoms with E-state index in [1.807, 2.05) is 6.07 Å². The van der Waals surface area contributed by atoms with E-state index in [1.165, 1.54) is 0 Å². The predicted molar refractivity (Wildman–Crippen MR) is 109 cm³/mol. The minimum atomic E-state index is -0.118. The smallest absolute Gasteiger partial charge is 0.211 e. The van der Waals surface area contributed by atoms with Gasteiger partial charge in [-0.2, -0.15) is 10.2 Å². The number of hydrogen-bond acceptors (Lipinski definition) is 6. The van der Waals surface area contributed by atoms with Crippen LogP contribution < -0.4 is 27.7 Å². The number of ether oxygens (including phenoxy) is 1. The first kappa shape index (κ1) is 25.4. The zero-order valence-corrected chi connectivity index (χ0v) is 16.1. The zero-order valence-electron chi connectivity index (χ0n) is 15.3. The van der Waals surface area contributed by atoms with Crippen molar-refractivity contribution in [3.05, 3.63) is 29.3 Å². The molecule has 11 heteroatoms. The number of methoxy groups -OCH3 is 1. The van der Waals surface area contributed by atoms with Crippen LogP contribution in [-0.4, -0.2) is 42.2 Å². The molecule has 0 amide bonds. The van der Waals surface area contributed by atoms with Gasteiger partial charge in [0.25, 0.3) is 0 Å². The van der Waals surface area contributed by atoms with Crippen LogP contribution in [0.4, 0.5) is 0 Å². The molecule has 1 rings (SSSR count). The lowest BCUT2D eigenvalue weighted by atomic mass is 10.0. The van der Waals surface area contributed by atoms with Gasteiger partial charge in [0.1, 0.15) is 5.75 Å². The molecule has 0 atom stereocenters. The van der Waals surface area contributed by atoms with Crippen LogP contribution >= 0.6 is 12.4 Å². The van der Waals surface area contributed by atoms with Gasteiger partial charge in [-0.1, -0.05) is 0 Å². The van der Waals surface area contributed by atoms with Gasteiger partial charge in [-0.25, -0.2) is 0 Å². The quantitative estimate of drug-likeness (QED) is 0.271. The van der Waals surface area contributed by atoms with Crippen molar-refractivity contribution in [2.45, 2.75) is 20.8 Å². The van der Waals surface area contributed by atoms with E-state index in [-0.39, 0.29) is 30.9 Å². The summed E-state index contributed by atoms with van der Waals surface area (Å²) in [6, 6.07) is 5.46. The van der Waals surface area contributed by atoms with Gasteiger partial charge in [0.2, 0.25) is 11.9 Å². The Balaban J connectivity index is 0. The average molecular weight is 387 g/mol. The van der Waals surface area contributed by atoms with E-state index in [4.69, 9.17) is 32.8 Å². The molecule has 1 aromatic rings. The molecule has 0 spiro atoms. The van der Waals surface area contributed by atoms with Crippen molar-refractivity contribution in [3.8, 4) is 5.75 Å². The molecular formula is C15H27ClN8O2. The Morgan fingerprint density at radius 1 is 0.885 bits per heavy atom. The van der Waals surface area contributed by atoms with Gasteiger partial charge in [0.05, 0.1) is 18.5 Å². The Morgan fingerprint density at radius 3 is 1.50 bits per heavy atom. The maximum atomic E-state index is 7.57. The summed E-state index contributed by atoms with van der Waals surface area (Å²) in [7, 11) is 1.56. The second kappa shape index (κ2) is 13.4. The standard InChI is InChI=1S/C13H20N8O.C2H6O.ClH/c1-7(18-20-12(14)15)9-4-10(6-11(5-9)22-3)8(2)19-21-13(16)17;1-2-3;/h4-6H,1-3H3,(H4,14,15,20)(H4,16,17,21);3H,2H2,1H3;1H/b18-7+,19-8+;;. The third-order valence-corrected chi connectivity index (χ3v) is 2.61. The number of guanidine groups is 2. The number of rotatable bonds is 5. The fourth-order valence-corrected chi connectivity index (χ4v) is 1.52. The summed E-state index contributed by atoms with van der Waals surface area (Å²) in [6.45, 7) is 5.47. The molecule has 0 aliphatic heterocycles. The summed E-state index contributed by atoms with van der Waals surface area (Å²) in [5, 5.41) is 22.7. The molecule has 10 nitrogen and oxygen atoms in total. The topological polar surface area (TPSA) is 183 Å². The molecule has 146 valence electrons. The molecule has 0 saturated carbocycles. The van der Waals surface area contributed by atoms with Crippen LogP contribution in [0, 0.1) is 0 Å². The third kappa shape index (κ3) is 10.1. The molecule has 1 aromatic carbocycles. The molecule has 0 aliphatic rings. The molecule has 0 heterocycles. The number of aliphatic hydroxyl groups excluding tert-OH is 1. The molecule has 0 aliphatic carbocycles. The van der Waals surface area contributed by atoms with E-state index in [9.17, 15) is 0 Å². The summed E-state index contributed by atoms with van der Waals surface area (Å²) in [5.74, 6) is 0.395. The van der Waals surface area contributed by atoms with E-state index in [0.29, 0.717) is 17.2 Å². The number of aliphatic hydroxyl groups is 1. The van der Waals surface area contributed by atoms with Crippen molar-refractivity contribution in [1.29, 1.82) is 0 Å². The van der Waals surface area contributed by atoms with Gasteiger partial charge in [-0.05, 0) is 39.0 Å². The Hall–Kier alpha value is -2.85. The van der Waals surface area contributed by atoms with Crippen LogP contribution in [0.5, 0.6) is 5.75 Å². The summed E-state index contributed by atoms with van der Waals surface area (Å²) in [6.07, 6.45) is 0. The molecule has 26 heavy (non-hydrogen) atoms. The van der Waals surface area contributed by atoms with E-state index in [2.05, 4.69) is 20.4 Å². The van der Waals surface area contributed by atoms with E-state index >= 15 is 0 Å². The summed E-state index contributed by atoms with van der Waals surface area (Å²) in [5.41, 5.74) is 23.8. The molecule has 9 N–H and O–H groups in total. The minimum Gasteiger partial charge on any atom is -0.497 e. The van der Waals surface area contributed by atoms with Crippen molar-refractivity contribution in [3.63, 3.8) is 0 Å². The average Bonchev–Trinajstić information content (AvgIpc) is 2.57. The summed E-state index contributed by atoms with van der Waals surface area (Å²) >= 11 is 0. The maximum Gasteiger partial charge on any atom is 0.211 e. The van der Waals surface area contributed by atoms with Crippen molar-refractivity contribution in [2.24, 2.45) is 43.3 Å². The highest BCUT2D eigenvalue weighted by atomic mass is 35.5. The lowest BCUT2D eigenvalue weighted by Gasteiger charge is -2.08. The van der Waals surface area contributed by atoms with Crippen molar-refractivity contribution in [2.75, 3.05) is 13.7 Å². The summed E-state index contributed by atoms with van der Waals surface area (Å²) in [4.78, 5) is 0. The van der Waals surface area contributed by atoms with Crippen LogP contribution in [0.3, 0.4) is 0 Å². The van der Waals surface area contributed by atoms with E-state index in [1.54, 1.807) is 40.0 Å². The number of nitrogens with two attached hydrogens (primary N) is 4. The Labute approximate surface area is 159 Å². The second-order valence-electron chi connectivity index (χ2n) is 4.69. The van der Waals surface area contributed by atoms with Gasteiger partial charge in [0.15, 0.2) is 0 Å². The van der Waals surface area contributed by atoms with Crippen LogP contribution in [0.2, 0.25) is 0 Å². The Kier molecular flexibility index (Phi) is 13.1. The molecule has 0 bridgehead atoms. The largest absolute Gasteiger partial charge is 0.497 e. The normalized spacial score (nSPS) is 10.7. The highest BCUT2D eigenvalue weighted by Crippen LogP contribution is 2.19. The molecular weight excluding hydrogens is 360 g/mol. The van der Waals surface area contributed by atoms with Gasteiger partial charge in [-0.3, -0.25) is 0 Å². The number of nitrogens with zero attached hydrogens (tertiary/aromatic N) is 4. The van der Waals surface area contributed by atoms with Crippen molar-refractivity contribution in [1.82, 2.24) is 0 Å². The monoisotopic (exact) mass is 386 g/mol. The molecule has 0 saturated heterocycles. The Bertz CT molecular complexity index is 626. The second-order valence-corrected chi connectivity index (χ2v) is 4.69. The highest BCUT2D eigenvalue weighted by molar-refractivity contribution is 6.04. The number of hydrogen-bond donors (Lipinski definition) is 5. The minimum absolute atomic E-state index is 0. The van der Waals surface area contributed by atoms with Crippen LogP contribution in [0.15, 0.2) is 38.6 Å². The van der Waals surface area contributed by atoms with Crippen molar-refractivity contribution >= 4 is 35.7 Å². The van der Waals surface area contributed by atoms with Crippen LogP contribution in [0.25, 0.3) is 0 Å². The fraction of sp³-hybridized carbons (Fsp3) is 0.333. The molecule has 0 aromatic heterocycles. The van der Waals surface area contributed by atoms with Crippen molar-refractivity contribution < 1.29 is 9.84 Å². The van der Waals surface area contributed by atoms with E-state index in [0.717, 1.165) is 11.1 Å². The first-order chi connectivity index (χ1) is 11.7. The first-order valence-corrected chi connectivity index (χ1v) is 7.32. The van der Waals surface area contributed by atoms with Gasteiger partial charge in [-0.15, -0.1) is 22.6 Å². The maximum absolute atomic E-state index is 7.57. The van der Waals surface area contributed by atoms with E-state index < -0.39 is 0 Å². The SMILES string of the molecule is CCO.COc1cc(/C(C)=N/N=C(N)N)cc(/C(C)=N/N=C(N)N)c1.Cl. The highest BCUT2D eigenvalue weighted by Gasteiger charge is 2.07. The zero-order chi connectivity index (χ0) is 19.4. The number of benzene rings is 1. The van der Waals surface area contributed by atoms with Gasteiger partial charge < -0.3 is 32.8 Å². The van der Waals surface area contributed by atoms with Crippen LogP contribution in [0.1, 0.15) is 31.9 Å². The molecule has 0 unspecified atom stereocenters. The number of halogens is 1. The van der Waals surface area contributed by atoms with Crippen LogP contribution in [-0.2, 0) is 0 Å². The predicted octanol–water partition coefficient (Wildman–Crippen LogP) is 0.110. The lowest BCUT2D eigenvalue weighted by molar-refractivity contribution is 0.318. The lowest BCUT2D eigenvalue weighted by Crippen LogP contribution is -2.22. The molecule has 0 fully saturated rings. The third-order valence-electron chi connectivity index (χ3n) is 2.61. The fourth-order valence-electron chi connectivity index (χ4n) is 1.52. The molecule has 0 radical (unpaired) electrons. The Morgan fingerprint density at radius 2 is 1.23 bits per heavy atom. The summed E-state index contributed by atoms with van der Waals surface area (Å²) < 4.78 is 5.27. The van der Waals surface area contributed by atoms with Gasteiger partial charge in [0, 0.05) is 17.7 Å². The van der Waals surface area contributed by atoms with Gasteiger partial charge >= 0.3 is 0 Å². The first-order valence-electron chi connectivity index (χ1n) is 7.32.